The van der Waals surface area contributed by atoms with Gasteiger partial charge < -0.3 is 4.74 Å². The number of aromatic nitrogens is 1. The lowest BCUT2D eigenvalue weighted by atomic mass is 10.1. The van der Waals surface area contributed by atoms with Gasteiger partial charge in [0.15, 0.2) is 5.69 Å². The number of rotatable bonds is 2. The van der Waals surface area contributed by atoms with Crippen molar-refractivity contribution in [2.75, 3.05) is 6.61 Å². The Morgan fingerprint density at radius 1 is 1.30 bits per heavy atom. The molecule has 0 atom stereocenters. The number of alkyl halides is 3. The van der Waals surface area contributed by atoms with Crippen LogP contribution in [0, 0.1) is 5.82 Å². The molecule has 1 aromatic heterocycles. The molecule has 1 heterocycles. The standard InChI is InChI=1S/C13H9F4NO2/c1-2-20-12(19)9-5-7-3-4-8(14)6-10(7)18-11(9)13(15,16)17/h3-6H,2H2,1H3. The van der Waals surface area contributed by atoms with Crippen LogP contribution in [0.5, 0.6) is 0 Å². The normalized spacial score (nSPS) is 11.7. The largest absolute Gasteiger partial charge is 0.462 e. The summed E-state index contributed by atoms with van der Waals surface area (Å²) in [6.07, 6.45) is -4.83. The highest BCUT2D eigenvalue weighted by atomic mass is 19.4. The van der Waals surface area contributed by atoms with Gasteiger partial charge in [0.25, 0.3) is 0 Å². The van der Waals surface area contributed by atoms with Gasteiger partial charge in [0, 0.05) is 11.5 Å². The van der Waals surface area contributed by atoms with Gasteiger partial charge in [-0.3, -0.25) is 0 Å². The topological polar surface area (TPSA) is 39.2 Å². The molecule has 2 aromatic rings. The molecule has 0 aliphatic carbocycles. The molecule has 0 radical (unpaired) electrons. The second kappa shape index (κ2) is 5.07. The lowest BCUT2D eigenvalue weighted by Gasteiger charge is -2.12. The van der Waals surface area contributed by atoms with Crippen LogP contribution in [-0.2, 0) is 10.9 Å². The van der Waals surface area contributed by atoms with Crippen LogP contribution >= 0.6 is 0 Å². The summed E-state index contributed by atoms with van der Waals surface area (Å²) in [7, 11) is 0. The first kappa shape index (κ1) is 14.2. The van der Waals surface area contributed by atoms with E-state index in [9.17, 15) is 22.4 Å². The average molecular weight is 287 g/mol. The average Bonchev–Trinajstić information content (AvgIpc) is 2.36. The predicted molar refractivity (Wildman–Crippen MR) is 62.7 cm³/mol. The van der Waals surface area contributed by atoms with Crippen LogP contribution in [0.1, 0.15) is 23.0 Å². The van der Waals surface area contributed by atoms with Crippen molar-refractivity contribution in [1.82, 2.24) is 4.98 Å². The minimum Gasteiger partial charge on any atom is -0.462 e. The molecule has 0 aliphatic heterocycles. The molecule has 0 saturated carbocycles. The number of nitrogens with zero attached hydrogens (tertiary/aromatic N) is 1. The van der Waals surface area contributed by atoms with Crippen molar-refractivity contribution in [2.45, 2.75) is 13.1 Å². The fourth-order valence-corrected chi connectivity index (χ4v) is 1.72. The fourth-order valence-electron chi connectivity index (χ4n) is 1.72. The van der Waals surface area contributed by atoms with E-state index < -0.39 is 29.2 Å². The van der Waals surface area contributed by atoms with E-state index in [2.05, 4.69) is 9.72 Å². The smallest absolute Gasteiger partial charge is 0.434 e. The fraction of sp³-hybridized carbons (Fsp3) is 0.231. The number of hydrogen-bond acceptors (Lipinski definition) is 3. The Hall–Kier alpha value is -2.18. The minimum atomic E-state index is -4.83. The van der Waals surface area contributed by atoms with E-state index in [1.165, 1.54) is 13.0 Å². The van der Waals surface area contributed by atoms with Gasteiger partial charge in [0.1, 0.15) is 5.82 Å². The summed E-state index contributed by atoms with van der Waals surface area (Å²) in [6.45, 7) is 1.42. The number of ether oxygens (including phenoxy) is 1. The van der Waals surface area contributed by atoms with Gasteiger partial charge in [-0.2, -0.15) is 13.2 Å². The molecular formula is C13H9F4NO2. The Kier molecular flexibility index (Phi) is 3.61. The Labute approximate surface area is 111 Å². The number of hydrogen-bond donors (Lipinski definition) is 0. The molecular weight excluding hydrogens is 278 g/mol. The number of halogens is 4. The third kappa shape index (κ3) is 2.71. The number of carbonyl (C=O) groups is 1. The highest BCUT2D eigenvalue weighted by Crippen LogP contribution is 2.32. The van der Waals surface area contributed by atoms with Gasteiger partial charge >= 0.3 is 12.1 Å². The first-order valence-electron chi connectivity index (χ1n) is 5.67. The number of benzene rings is 1. The molecule has 0 spiro atoms. The number of esters is 1. The Morgan fingerprint density at radius 2 is 2.00 bits per heavy atom. The molecule has 20 heavy (non-hydrogen) atoms. The zero-order chi connectivity index (χ0) is 14.9. The molecule has 106 valence electrons. The summed E-state index contributed by atoms with van der Waals surface area (Å²) >= 11 is 0. The van der Waals surface area contributed by atoms with E-state index in [4.69, 9.17) is 0 Å². The minimum absolute atomic E-state index is 0.0580. The van der Waals surface area contributed by atoms with Crippen LogP contribution in [0.4, 0.5) is 17.6 Å². The van der Waals surface area contributed by atoms with E-state index in [1.54, 1.807) is 0 Å². The van der Waals surface area contributed by atoms with E-state index in [0.717, 1.165) is 18.2 Å². The van der Waals surface area contributed by atoms with Gasteiger partial charge in [-0.25, -0.2) is 14.2 Å². The maximum absolute atomic E-state index is 13.0. The van der Waals surface area contributed by atoms with Crippen molar-refractivity contribution in [3.8, 4) is 0 Å². The van der Waals surface area contributed by atoms with E-state index in [0.29, 0.717) is 0 Å². The first-order valence-corrected chi connectivity index (χ1v) is 5.67. The zero-order valence-electron chi connectivity index (χ0n) is 10.3. The molecule has 1 aromatic carbocycles. The van der Waals surface area contributed by atoms with Crippen molar-refractivity contribution in [3.05, 3.63) is 41.3 Å². The van der Waals surface area contributed by atoms with Crippen LogP contribution in [0.25, 0.3) is 10.9 Å². The summed E-state index contributed by atoms with van der Waals surface area (Å²) in [6, 6.07) is 4.20. The molecule has 0 aliphatic rings. The van der Waals surface area contributed by atoms with Crippen molar-refractivity contribution in [1.29, 1.82) is 0 Å². The van der Waals surface area contributed by atoms with Gasteiger partial charge in [-0.1, -0.05) is 0 Å². The Bertz CT molecular complexity index is 667. The van der Waals surface area contributed by atoms with Gasteiger partial charge in [-0.15, -0.1) is 0 Å². The molecule has 0 unspecified atom stereocenters. The second-order valence-electron chi connectivity index (χ2n) is 3.94. The third-order valence-corrected chi connectivity index (χ3v) is 2.54. The van der Waals surface area contributed by atoms with Gasteiger partial charge in [-0.05, 0) is 25.1 Å². The maximum Gasteiger partial charge on any atom is 0.434 e. The molecule has 0 N–H and O–H groups in total. The lowest BCUT2D eigenvalue weighted by molar-refractivity contribution is -0.141. The molecule has 0 bridgehead atoms. The van der Waals surface area contributed by atoms with E-state index >= 15 is 0 Å². The van der Waals surface area contributed by atoms with Crippen LogP contribution in [0.15, 0.2) is 24.3 Å². The summed E-state index contributed by atoms with van der Waals surface area (Å²) in [5, 5.41) is 0.224. The van der Waals surface area contributed by atoms with Crippen LogP contribution < -0.4 is 0 Å². The number of pyridine rings is 1. The monoisotopic (exact) mass is 287 g/mol. The van der Waals surface area contributed by atoms with E-state index in [1.807, 2.05) is 0 Å². The van der Waals surface area contributed by atoms with E-state index in [-0.39, 0.29) is 17.5 Å². The molecule has 0 saturated heterocycles. The molecule has 7 heteroatoms. The van der Waals surface area contributed by atoms with Crippen LogP contribution in [-0.4, -0.2) is 17.6 Å². The molecule has 0 fully saturated rings. The van der Waals surface area contributed by atoms with Crippen LogP contribution in [0.3, 0.4) is 0 Å². The predicted octanol–water partition coefficient (Wildman–Crippen LogP) is 3.57. The van der Waals surface area contributed by atoms with Crippen molar-refractivity contribution < 1.29 is 27.1 Å². The molecule has 0 amide bonds. The summed E-state index contributed by atoms with van der Waals surface area (Å²) in [5.74, 6) is -1.82. The molecule has 3 nitrogen and oxygen atoms in total. The Morgan fingerprint density at radius 3 is 2.60 bits per heavy atom. The lowest BCUT2D eigenvalue weighted by Crippen LogP contribution is -2.17. The maximum atomic E-state index is 13.0. The number of fused-ring (bicyclic) bond motifs is 1. The Balaban J connectivity index is 2.70. The number of carbonyl (C=O) groups excluding carboxylic acids is 1. The highest BCUT2D eigenvalue weighted by Gasteiger charge is 2.38. The summed E-state index contributed by atoms with van der Waals surface area (Å²) in [5.41, 5.74) is -2.24. The SMILES string of the molecule is CCOC(=O)c1cc2ccc(F)cc2nc1C(F)(F)F. The summed E-state index contributed by atoms with van der Waals surface area (Å²) < 4.78 is 56.4. The quantitative estimate of drug-likeness (QED) is 0.626. The zero-order valence-corrected chi connectivity index (χ0v) is 10.3. The van der Waals surface area contributed by atoms with Crippen molar-refractivity contribution >= 4 is 16.9 Å². The third-order valence-electron chi connectivity index (χ3n) is 2.54. The second-order valence-corrected chi connectivity index (χ2v) is 3.94. The first-order chi connectivity index (χ1) is 9.32. The van der Waals surface area contributed by atoms with Crippen LogP contribution in [0.2, 0.25) is 0 Å². The van der Waals surface area contributed by atoms with Crippen molar-refractivity contribution in [2.24, 2.45) is 0 Å². The molecule has 2 rings (SSSR count). The van der Waals surface area contributed by atoms with Gasteiger partial charge in [0.2, 0.25) is 0 Å². The highest BCUT2D eigenvalue weighted by molar-refractivity contribution is 5.95. The van der Waals surface area contributed by atoms with Crippen molar-refractivity contribution in [3.63, 3.8) is 0 Å². The van der Waals surface area contributed by atoms with Gasteiger partial charge in [0.05, 0.1) is 17.7 Å². The summed E-state index contributed by atoms with van der Waals surface area (Å²) in [4.78, 5) is 14.9.